The molecule has 5 rings (SSSR count). The van der Waals surface area contributed by atoms with E-state index in [-0.39, 0.29) is 11.6 Å². The summed E-state index contributed by atoms with van der Waals surface area (Å²) < 4.78 is 15.2. The van der Waals surface area contributed by atoms with Crippen molar-refractivity contribution in [1.82, 2.24) is 19.7 Å². The second kappa shape index (κ2) is 9.95. The van der Waals surface area contributed by atoms with Crippen LogP contribution in [0.4, 0.5) is 5.82 Å². The number of anilines is 1. The van der Waals surface area contributed by atoms with E-state index in [0.29, 0.717) is 23.3 Å². The Balaban J connectivity index is 1.49. The van der Waals surface area contributed by atoms with Gasteiger partial charge in [-0.25, -0.2) is 14.6 Å². The maximum absolute atomic E-state index is 9.29. The molecule has 190 valence electrons. The van der Waals surface area contributed by atoms with Gasteiger partial charge in [-0.3, -0.25) is 0 Å². The highest BCUT2D eigenvalue weighted by Crippen LogP contribution is 2.39. The molecule has 1 aliphatic heterocycles. The molecule has 0 aliphatic carbocycles. The van der Waals surface area contributed by atoms with Crippen molar-refractivity contribution in [2.75, 3.05) is 12.3 Å². The first kappa shape index (κ1) is 24.9. The van der Waals surface area contributed by atoms with Crippen molar-refractivity contribution in [1.29, 1.82) is 0 Å². The zero-order valence-electron chi connectivity index (χ0n) is 21.1. The van der Waals surface area contributed by atoms with E-state index < -0.39 is 26.7 Å². The first-order valence-electron chi connectivity index (χ1n) is 12.2. The number of hydrogen-bond acceptors (Lipinski definition) is 7. The van der Waals surface area contributed by atoms with Crippen LogP contribution in [0.15, 0.2) is 78.3 Å². The van der Waals surface area contributed by atoms with Crippen LogP contribution in [0.1, 0.15) is 33.4 Å². The average Bonchev–Trinajstić information content (AvgIpc) is 3.50. The van der Waals surface area contributed by atoms with E-state index >= 15 is 0 Å². The van der Waals surface area contributed by atoms with Crippen molar-refractivity contribution >= 4 is 35.5 Å². The van der Waals surface area contributed by atoms with Gasteiger partial charge in [-0.05, 0) is 20.9 Å². The quantitative estimate of drug-likeness (QED) is 0.172. The maximum atomic E-state index is 9.29. The summed E-state index contributed by atoms with van der Waals surface area (Å²) in [4.78, 5) is 11.5. The highest BCUT2D eigenvalue weighted by atomic mass is 28.4. The molecule has 0 saturated carbocycles. The van der Waals surface area contributed by atoms with E-state index in [0.717, 1.165) is 0 Å². The predicted octanol–water partition coefficient (Wildman–Crippen LogP) is 3.95. The fourth-order valence-corrected chi connectivity index (χ4v) is 9.83. The summed E-state index contributed by atoms with van der Waals surface area (Å²) in [5.74, 6) is 0.354. The predicted molar refractivity (Wildman–Crippen MR) is 145 cm³/mol. The van der Waals surface area contributed by atoms with Crippen LogP contribution in [0.5, 0.6) is 0 Å². The molecule has 11 heteroatoms. The molecule has 1 saturated heterocycles. The van der Waals surface area contributed by atoms with Gasteiger partial charge < -0.3 is 14.9 Å². The summed E-state index contributed by atoms with van der Waals surface area (Å²) in [6.45, 7) is 6.94. The van der Waals surface area contributed by atoms with Gasteiger partial charge in [-0.1, -0.05) is 86.5 Å². The lowest BCUT2D eigenvalue weighted by atomic mass is 10.1. The van der Waals surface area contributed by atoms with E-state index in [9.17, 15) is 5.53 Å². The molecule has 2 aromatic heterocycles. The Labute approximate surface area is 216 Å². The summed E-state index contributed by atoms with van der Waals surface area (Å²) in [6, 6.07) is 20.4. The molecule has 3 atom stereocenters. The summed E-state index contributed by atoms with van der Waals surface area (Å²) in [5, 5.41) is 11.3. The molecule has 1 aliphatic rings. The van der Waals surface area contributed by atoms with Crippen molar-refractivity contribution in [3.63, 3.8) is 0 Å². The van der Waals surface area contributed by atoms with Gasteiger partial charge in [0.1, 0.15) is 12.1 Å². The summed E-state index contributed by atoms with van der Waals surface area (Å²) in [5.41, 5.74) is 15.9. The minimum Gasteiger partial charge on any atom is -0.405 e. The fraction of sp³-hybridized carbons (Fsp3) is 0.346. The van der Waals surface area contributed by atoms with E-state index in [1.54, 1.807) is 10.9 Å². The normalized spacial score (nSPS) is 20.1. The van der Waals surface area contributed by atoms with Gasteiger partial charge in [0, 0.05) is 11.3 Å². The standard InChI is InChI=1S/C26H30N8O2Si/c1-26(2,3)37(18-10-6-4-7-11-18,19-12-8-5-9-13-19)35-16-22-21(32-33-28)14-23(36-22)34-25-20(15-31-34)24(27)29-17-30-25/h4-13,15,17,21-23H,14,16H2,1-3H3,(H2,27,29,30)/t21-,22+,23+/m0/s1. The molecule has 4 aromatic rings. The Hall–Kier alpha value is -3.76. The van der Waals surface area contributed by atoms with Crippen LogP contribution >= 0.6 is 0 Å². The number of rotatable bonds is 7. The Morgan fingerprint density at radius 2 is 1.76 bits per heavy atom. The maximum Gasteiger partial charge on any atom is 0.261 e. The number of benzene rings is 2. The van der Waals surface area contributed by atoms with Crippen LogP contribution in [-0.4, -0.2) is 46.8 Å². The third-order valence-corrected chi connectivity index (χ3v) is 12.0. The Morgan fingerprint density at radius 3 is 2.35 bits per heavy atom. The van der Waals surface area contributed by atoms with Crippen LogP contribution in [0.3, 0.4) is 0 Å². The first-order valence-corrected chi connectivity index (χ1v) is 14.1. The van der Waals surface area contributed by atoms with Crippen molar-refractivity contribution in [2.24, 2.45) is 5.11 Å². The number of nitrogen functional groups attached to an aromatic ring is 1. The fourth-order valence-electron chi connectivity index (χ4n) is 5.26. The average molecular weight is 515 g/mol. The van der Waals surface area contributed by atoms with Crippen molar-refractivity contribution in [3.05, 3.63) is 83.6 Å². The molecule has 3 heterocycles. The lowest BCUT2D eigenvalue weighted by Gasteiger charge is -2.43. The second-order valence-electron chi connectivity index (χ2n) is 10.2. The van der Waals surface area contributed by atoms with E-state index in [2.05, 4.69) is 94.4 Å². The smallest absolute Gasteiger partial charge is 0.261 e. The molecule has 2 N–H and O–H groups in total. The molecule has 0 amide bonds. The molecule has 0 spiro atoms. The van der Waals surface area contributed by atoms with Crippen molar-refractivity contribution < 1.29 is 9.16 Å². The zero-order valence-corrected chi connectivity index (χ0v) is 22.1. The SMILES string of the molecule is CC(C)(C)[Si](OC[C@H]1O[C@@H](n2ncc3c(N)ncnc32)C[C@@H]1N=[N+]=[N-])(c1ccccc1)c1ccccc1. The van der Waals surface area contributed by atoms with E-state index in [1.165, 1.54) is 16.7 Å². The third-order valence-electron chi connectivity index (χ3n) is 6.98. The minimum atomic E-state index is -2.78. The van der Waals surface area contributed by atoms with Gasteiger partial charge in [0.2, 0.25) is 0 Å². The van der Waals surface area contributed by atoms with Gasteiger partial charge in [-0.15, -0.1) is 0 Å². The number of nitrogens with zero attached hydrogens (tertiary/aromatic N) is 7. The molecule has 10 nitrogen and oxygen atoms in total. The molecule has 0 radical (unpaired) electrons. The highest BCUT2D eigenvalue weighted by Gasteiger charge is 2.51. The molecule has 0 unspecified atom stereocenters. The van der Waals surface area contributed by atoms with Crippen molar-refractivity contribution in [3.8, 4) is 0 Å². The van der Waals surface area contributed by atoms with Crippen molar-refractivity contribution in [2.45, 2.75) is 50.6 Å². The number of azide groups is 1. The molecule has 37 heavy (non-hydrogen) atoms. The topological polar surface area (TPSA) is 137 Å². The van der Waals surface area contributed by atoms with Gasteiger partial charge in [0.05, 0.1) is 30.3 Å². The molecule has 0 bridgehead atoms. The summed E-state index contributed by atoms with van der Waals surface area (Å²) >= 11 is 0. The Kier molecular flexibility index (Phi) is 6.70. The van der Waals surface area contributed by atoms with Crippen LogP contribution in [-0.2, 0) is 9.16 Å². The monoisotopic (exact) mass is 514 g/mol. The van der Waals surface area contributed by atoms with Crippen LogP contribution in [0, 0.1) is 0 Å². The van der Waals surface area contributed by atoms with Crippen LogP contribution in [0.2, 0.25) is 5.04 Å². The number of nitrogens with two attached hydrogens (primary N) is 1. The first-order chi connectivity index (χ1) is 17.8. The van der Waals surface area contributed by atoms with Crippen LogP contribution < -0.4 is 16.1 Å². The lowest BCUT2D eigenvalue weighted by molar-refractivity contribution is -0.0255. The Morgan fingerprint density at radius 1 is 1.11 bits per heavy atom. The number of ether oxygens (including phenoxy) is 1. The molecule has 1 fully saturated rings. The summed E-state index contributed by atoms with van der Waals surface area (Å²) in [7, 11) is -2.78. The number of aromatic nitrogens is 4. The highest BCUT2D eigenvalue weighted by molar-refractivity contribution is 6.99. The zero-order chi connectivity index (χ0) is 26.0. The van der Waals surface area contributed by atoms with E-state index in [4.69, 9.17) is 14.9 Å². The number of hydrogen-bond donors (Lipinski definition) is 1. The van der Waals surface area contributed by atoms with Gasteiger partial charge in [0.25, 0.3) is 8.32 Å². The molecular formula is C26H30N8O2Si. The summed E-state index contributed by atoms with van der Waals surface area (Å²) in [6.07, 6.45) is 2.54. The second-order valence-corrected chi connectivity index (χ2v) is 14.5. The lowest BCUT2D eigenvalue weighted by Crippen LogP contribution is -2.67. The minimum absolute atomic E-state index is 0.186. The molecular weight excluding hydrogens is 484 g/mol. The van der Waals surface area contributed by atoms with Gasteiger partial charge >= 0.3 is 0 Å². The van der Waals surface area contributed by atoms with Gasteiger partial charge in [0.15, 0.2) is 11.9 Å². The van der Waals surface area contributed by atoms with Crippen LogP contribution in [0.25, 0.3) is 21.5 Å². The Bertz CT molecular complexity index is 1380. The van der Waals surface area contributed by atoms with E-state index in [1.807, 2.05) is 12.1 Å². The molecule has 2 aromatic carbocycles. The number of fused-ring (bicyclic) bond motifs is 1. The van der Waals surface area contributed by atoms with Gasteiger partial charge in [-0.2, -0.15) is 5.10 Å². The largest absolute Gasteiger partial charge is 0.405 e. The third kappa shape index (κ3) is 4.47.